The van der Waals surface area contributed by atoms with Crippen LogP contribution in [0.4, 0.5) is 11.5 Å². The molecule has 0 fully saturated rings. The number of halogens is 1. The summed E-state index contributed by atoms with van der Waals surface area (Å²) in [5.74, 6) is 2.33. The molecule has 0 aliphatic heterocycles. The van der Waals surface area contributed by atoms with Crippen molar-refractivity contribution in [2.75, 3.05) is 11.9 Å². The van der Waals surface area contributed by atoms with Gasteiger partial charge in [0.05, 0.1) is 6.61 Å². The van der Waals surface area contributed by atoms with Crippen molar-refractivity contribution in [3.63, 3.8) is 0 Å². The van der Waals surface area contributed by atoms with Crippen LogP contribution in [-0.2, 0) is 0 Å². The van der Waals surface area contributed by atoms with E-state index < -0.39 is 0 Å². The highest BCUT2D eigenvalue weighted by Gasteiger charge is 2.06. The van der Waals surface area contributed by atoms with E-state index in [0.717, 1.165) is 33.0 Å². The SMILES string of the molecule is CCOc1ccc(Nc2cc(C)nc(-c3ccc(Br)cc3)n2)cc1. The highest BCUT2D eigenvalue weighted by atomic mass is 79.9. The predicted molar refractivity (Wildman–Crippen MR) is 101 cm³/mol. The van der Waals surface area contributed by atoms with Crippen molar-refractivity contribution in [2.24, 2.45) is 0 Å². The monoisotopic (exact) mass is 383 g/mol. The Kier molecular flexibility index (Phi) is 5.11. The second kappa shape index (κ2) is 7.45. The van der Waals surface area contributed by atoms with Crippen LogP contribution in [0.25, 0.3) is 11.4 Å². The van der Waals surface area contributed by atoms with E-state index in [1.807, 2.05) is 68.4 Å². The fourth-order valence-corrected chi connectivity index (χ4v) is 2.57. The normalized spacial score (nSPS) is 10.5. The lowest BCUT2D eigenvalue weighted by molar-refractivity contribution is 0.340. The molecule has 0 atom stereocenters. The van der Waals surface area contributed by atoms with Gasteiger partial charge in [-0.15, -0.1) is 0 Å². The predicted octanol–water partition coefficient (Wildman–Crippen LogP) is 5.36. The van der Waals surface area contributed by atoms with Crippen LogP contribution < -0.4 is 10.1 Å². The van der Waals surface area contributed by atoms with Crippen molar-refractivity contribution in [3.8, 4) is 17.1 Å². The molecule has 0 saturated carbocycles. The number of nitrogens with zero attached hydrogens (tertiary/aromatic N) is 2. The summed E-state index contributed by atoms with van der Waals surface area (Å²) in [6.07, 6.45) is 0. The van der Waals surface area contributed by atoms with E-state index in [4.69, 9.17) is 4.74 Å². The second-order valence-electron chi connectivity index (χ2n) is 5.31. The van der Waals surface area contributed by atoms with Crippen LogP contribution in [0.1, 0.15) is 12.6 Å². The standard InChI is InChI=1S/C19H18BrN3O/c1-3-24-17-10-8-16(9-11-17)22-18-12-13(2)21-19(23-18)14-4-6-15(20)7-5-14/h4-12H,3H2,1-2H3,(H,21,22,23). The molecule has 1 heterocycles. The van der Waals surface area contributed by atoms with E-state index in [0.29, 0.717) is 12.4 Å². The second-order valence-corrected chi connectivity index (χ2v) is 6.22. The minimum Gasteiger partial charge on any atom is -0.494 e. The van der Waals surface area contributed by atoms with Crippen molar-refractivity contribution in [3.05, 3.63) is 64.8 Å². The molecule has 2 aromatic carbocycles. The van der Waals surface area contributed by atoms with Crippen molar-refractivity contribution in [1.82, 2.24) is 9.97 Å². The Labute approximate surface area is 150 Å². The van der Waals surface area contributed by atoms with Gasteiger partial charge in [-0.2, -0.15) is 0 Å². The quantitative estimate of drug-likeness (QED) is 0.644. The number of anilines is 2. The van der Waals surface area contributed by atoms with Gasteiger partial charge < -0.3 is 10.1 Å². The smallest absolute Gasteiger partial charge is 0.161 e. The molecule has 0 aliphatic rings. The first-order valence-corrected chi connectivity index (χ1v) is 8.55. The Morgan fingerprint density at radius 3 is 2.38 bits per heavy atom. The Morgan fingerprint density at radius 2 is 1.71 bits per heavy atom. The van der Waals surface area contributed by atoms with Gasteiger partial charge in [0.2, 0.25) is 0 Å². The first-order chi connectivity index (χ1) is 11.6. The molecular formula is C19H18BrN3O. The number of nitrogens with one attached hydrogen (secondary N) is 1. The molecule has 24 heavy (non-hydrogen) atoms. The lowest BCUT2D eigenvalue weighted by atomic mass is 10.2. The molecule has 0 bridgehead atoms. The van der Waals surface area contributed by atoms with Crippen molar-refractivity contribution in [1.29, 1.82) is 0 Å². The van der Waals surface area contributed by atoms with Crippen LogP contribution in [0.3, 0.4) is 0 Å². The van der Waals surface area contributed by atoms with Gasteiger partial charge in [-0.05, 0) is 50.2 Å². The number of hydrogen-bond donors (Lipinski definition) is 1. The summed E-state index contributed by atoms with van der Waals surface area (Å²) < 4.78 is 6.49. The zero-order valence-electron chi connectivity index (χ0n) is 13.6. The Hall–Kier alpha value is -2.40. The summed E-state index contributed by atoms with van der Waals surface area (Å²) in [6, 6.07) is 17.7. The Morgan fingerprint density at radius 1 is 1.00 bits per heavy atom. The molecule has 1 N–H and O–H groups in total. The summed E-state index contributed by atoms with van der Waals surface area (Å²) in [5.41, 5.74) is 2.85. The third-order valence-corrected chi connectivity index (χ3v) is 3.92. The van der Waals surface area contributed by atoms with Crippen molar-refractivity contribution >= 4 is 27.4 Å². The minimum absolute atomic E-state index is 0.661. The van der Waals surface area contributed by atoms with E-state index >= 15 is 0 Å². The van der Waals surface area contributed by atoms with Crippen molar-refractivity contribution in [2.45, 2.75) is 13.8 Å². The first-order valence-electron chi connectivity index (χ1n) is 7.75. The maximum absolute atomic E-state index is 5.46. The molecule has 0 unspecified atom stereocenters. The lowest BCUT2D eigenvalue weighted by Gasteiger charge is -2.10. The molecule has 5 heteroatoms. The van der Waals surface area contributed by atoms with Gasteiger partial charge in [0.15, 0.2) is 5.82 Å². The van der Waals surface area contributed by atoms with Crippen LogP contribution in [0.15, 0.2) is 59.1 Å². The van der Waals surface area contributed by atoms with Crippen LogP contribution in [-0.4, -0.2) is 16.6 Å². The van der Waals surface area contributed by atoms with Gasteiger partial charge in [-0.1, -0.05) is 28.1 Å². The average molecular weight is 384 g/mol. The first kappa shape index (κ1) is 16.5. The topological polar surface area (TPSA) is 47.0 Å². The lowest BCUT2D eigenvalue weighted by Crippen LogP contribution is -1.99. The van der Waals surface area contributed by atoms with E-state index in [1.165, 1.54) is 0 Å². The molecule has 1 aromatic heterocycles. The number of rotatable bonds is 5. The third-order valence-electron chi connectivity index (χ3n) is 3.39. The van der Waals surface area contributed by atoms with Crippen LogP contribution in [0.5, 0.6) is 5.75 Å². The minimum atomic E-state index is 0.661. The summed E-state index contributed by atoms with van der Waals surface area (Å²) in [4.78, 5) is 9.15. The summed E-state index contributed by atoms with van der Waals surface area (Å²) in [5, 5.41) is 3.32. The highest BCUT2D eigenvalue weighted by molar-refractivity contribution is 9.10. The maximum Gasteiger partial charge on any atom is 0.161 e. The number of aromatic nitrogens is 2. The van der Waals surface area contributed by atoms with Gasteiger partial charge in [0, 0.05) is 27.5 Å². The van der Waals surface area contributed by atoms with E-state index in [1.54, 1.807) is 0 Å². The fraction of sp³-hybridized carbons (Fsp3) is 0.158. The number of aryl methyl sites for hydroxylation is 1. The summed E-state index contributed by atoms with van der Waals surface area (Å²) in [7, 11) is 0. The Balaban J connectivity index is 1.84. The number of benzene rings is 2. The molecule has 0 saturated heterocycles. The van der Waals surface area contributed by atoms with Gasteiger partial charge in [0.1, 0.15) is 11.6 Å². The zero-order valence-corrected chi connectivity index (χ0v) is 15.2. The Bertz CT molecular complexity index is 817. The zero-order chi connectivity index (χ0) is 16.9. The van der Waals surface area contributed by atoms with E-state index in [2.05, 4.69) is 31.2 Å². The van der Waals surface area contributed by atoms with Crippen LogP contribution in [0.2, 0.25) is 0 Å². The average Bonchev–Trinajstić information content (AvgIpc) is 2.57. The number of ether oxygens (including phenoxy) is 1. The van der Waals surface area contributed by atoms with Crippen LogP contribution >= 0.6 is 15.9 Å². The summed E-state index contributed by atoms with van der Waals surface area (Å²) in [6.45, 7) is 4.60. The molecular weight excluding hydrogens is 366 g/mol. The largest absolute Gasteiger partial charge is 0.494 e. The van der Waals surface area contributed by atoms with E-state index in [9.17, 15) is 0 Å². The van der Waals surface area contributed by atoms with E-state index in [-0.39, 0.29) is 0 Å². The molecule has 3 rings (SSSR count). The molecule has 0 radical (unpaired) electrons. The molecule has 4 nitrogen and oxygen atoms in total. The molecule has 3 aromatic rings. The van der Waals surface area contributed by atoms with Gasteiger partial charge in [-0.3, -0.25) is 0 Å². The number of hydrogen-bond acceptors (Lipinski definition) is 4. The maximum atomic E-state index is 5.46. The molecule has 0 amide bonds. The van der Waals surface area contributed by atoms with Crippen molar-refractivity contribution < 1.29 is 4.74 Å². The van der Waals surface area contributed by atoms with Gasteiger partial charge in [0.25, 0.3) is 0 Å². The fourth-order valence-electron chi connectivity index (χ4n) is 2.31. The van der Waals surface area contributed by atoms with Gasteiger partial charge >= 0.3 is 0 Å². The van der Waals surface area contributed by atoms with Crippen LogP contribution in [0, 0.1) is 6.92 Å². The summed E-state index contributed by atoms with van der Waals surface area (Å²) >= 11 is 3.44. The van der Waals surface area contributed by atoms with Gasteiger partial charge in [-0.25, -0.2) is 9.97 Å². The highest BCUT2D eigenvalue weighted by Crippen LogP contribution is 2.23. The molecule has 0 aliphatic carbocycles. The molecule has 0 spiro atoms. The third kappa shape index (κ3) is 4.11. The molecule has 122 valence electrons.